The molecule has 0 aliphatic carbocycles. The van der Waals surface area contributed by atoms with Crippen LogP contribution in [0.1, 0.15) is 49.5 Å². The first-order chi connectivity index (χ1) is 13.5. The topological polar surface area (TPSA) is 101 Å². The van der Waals surface area contributed by atoms with Crippen molar-refractivity contribution in [2.75, 3.05) is 13.1 Å². The molecule has 2 aliphatic heterocycles. The van der Waals surface area contributed by atoms with Gasteiger partial charge >= 0.3 is 0 Å². The lowest BCUT2D eigenvalue weighted by molar-refractivity contribution is -0.384. The lowest BCUT2D eigenvalue weighted by Gasteiger charge is -2.16. The number of nitrogens with zero attached hydrogens (tertiary/aromatic N) is 3. The first kappa shape index (κ1) is 17.8. The van der Waals surface area contributed by atoms with E-state index in [1.54, 1.807) is 24.3 Å². The molecule has 0 unspecified atom stereocenters. The van der Waals surface area contributed by atoms with Crippen molar-refractivity contribution < 1.29 is 19.3 Å². The molecule has 4 rings (SSSR count). The second kappa shape index (κ2) is 6.88. The molecule has 1 fully saturated rings. The average Bonchev–Trinajstić information content (AvgIpc) is 3.32. The fourth-order valence-electron chi connectivity index (χ4n) is 3.57. The van der Waals surface area contributed by atoms with Gasteiger partial charge in [0.15, 0.2) is 0 Å². The summed E-state index contributed by atoms with van der Waals surface area (Å²) < 4.78 is 0. The summed E-state index contributed by atoms with van der Waals surface area (Å²) in [7, 11) is 0. The third-order valence-corrected chi connectivity index (χ3v) is 5.10. The van der Waals surface area contributed by atoms with Crippen molar-refractivity contribution >= 4 is 23.4 Å². The second-order valence-electron chi connectivity index (χ2n) is 6.88. The Bertz CT molecular complexity index is 993. The minimum Gasteiger partial charge on any atom is -0.339 e. The Kier molecular flexibility index (Phi) is 4.38. The first-order valence-corrected chi connectivity index (χ1v) is 8.98. The highest BCUT2D eigenvalue weighted by Gasteiger charge is 2.36. The van der Waals surface area contributed by atoms with E-state index in [1.165, 1.54) is 12.1 Å². The molecule has 0 aromatic heterocycles. The molecule has 0 atom stereocenters. The summed E-state index contributed by atoms with van der Waals surface area (Å²) in [5, 5.41) is 10.9. The van der Waals surface area contributed by atoms with Crippen molar-refractivity contribution in [1.29, 1.82) is 0 Å². The van der Waals surface area contributed by atoms with Gasteiger partial charge in [0.2, 0.25) is 0 Å². The van der Waals surface area contributed by atoms with Crippen LogP contribution >= 0.6 is 0 Å². The number of carbonyl (C=O) groups is 3. The number of nitro groups is 1. The van der Waals surface area contributed by atoms with Crippen molar-refractivity contribution in [3.63, 3.8) is 0 Å². The van der Waals surface area contributed by atoms with Gasteiger partial charge in [-0.05, 0) is 36.6 Å². The molecule has 0 saturated carbocycles. The van der Waals surface area contributed by atoms with E-state index in [4.69, 9.17) is 0 Å². The number of amides is 3. The second-order valence-corrected chi connectivity index (χ2v) is 6.88. The van der Waals surface area contributed by atoms with Crippen molar-refractivity contribution in [3.05, 3.63) is 74.8 Å². The Labute approximate surface area is 160 Å². The monoisotopic (exact) mass is 379 g/mol. The molecule has 2 heterocycles. The predicted octanol–water partition coefficient (Wildman–Crippen LogP) is 2.63. The van der Waals surface area contributed by atoms with E-state index >= 15 is 0 Å². The highest BCUT2D eigenvalue weighted by Crippen LogP contribution is 2.28. The van der Waals surface area contributed by atoms with Gasteiger partial charge in [-0.1, -0.05) is 12.1 Å². The van der Waals surface area contributed by atoms with E-state index in [9.17, 15) is 24.5 Å². The molecule has 142 valence electrons. The number of non-ortho nitro benzene ring substituents is 1. The Morgan fingerprint density at radius 2 is 1.61 bits per heavy atom. The summed E-state index contributed by atoms with van der Waals surface area (Å²) in [5.41, 5.74) is 1.24. The molecule has 2 aliphatic rings. The number of carbonyl (C=O) groups excluding carboxylic acids is 3. The molecule has 0 radical (unpaired) electrons. The number of nitro benzene ring substituents is 1. The number of fused-ring (bicyclic) bond motifs is 1. The van der Waals surface area contributed by atoms with Crippen LogP contribution < -0.4 is 0 Å². The Morgan fingerprint density at radius 1 is 0.964 bits per heavy atom. The molecule has 8 heteroatoms. The quantitative estimate of drug-likeness (QED) is 0.462. The maximum Gasteiger partial charge on any atom is 0.270 e. The fourth-order valence-corrected chi connectivity index (χ4v) is 3.57. The number of benzene rings is 2. The molecule has 8 nitrogen and oxygen atoms in total. The summed E-state index contributed by atoms with van der Waals surface area (Å²) in [6.07, 6.45) is 2.03. The van der Waals surface area contributed by atoms with E-state index in [0.717, 1.165) is 36.9 Å². The largest absolute Gasteiger partial charge is 0.339 e. The maximum atomic E-state index is 12.6. The highest BCUT2D eigenvalue weighted by molar-refractivity contribution is 6.21. The van der Waals surface area contributed by atoms with Crippen molar-refractivity contribution in [2.24, 2.45) is 0 Å². The van der Waals surface area contributed by atoms with Crippen LogP contribution in [0.25, 0.3) is 0 Å². The number of imide groups is 1. The molecule has 3 amide bonds. The normalized spacial score (nSPS) is 15.9. The van der Waals surface area contributed by atoms with E-state index < -0.39 is 16.7 Å². The zero-order valence-electron chi connectivity index (χ0n) is 15.0. The third kappa shape index (κ3) is 3.02. The molecular formula is C20H17N3O5. The smallest absolute Gasteiger partial charge is 0.270 e. The predicted molar refractivity (Wildman–Crippen MR) is 98.9 cm³/mol. The van der Waals surface area contributed by atoms with Gasteiger partial charge < -0.3 is 4.90 Å². The van der Waals surface area contributed by atoms with E-state index in [2.05, 4.69) is 0 Å². The summed E-state index contributed by atoms with van der Waals surface area (Å²) in [4.78, 5) is 50.6. The molecule has 0 bridgehead atoms. The SMILES string of the molecule is O=C(c1ccc(CN2C(=O)c3ccc([N+](=O)[O-])cc3C2=O)cc1)N1CCCC1. The minimum atomic E-state index is -0.600. The zero-order chi connectivity index (χ0) is 19.8. The molecule has 2 aromatic carbocycles. The van der Waals surface area contributed by atoms with Gasteiger partial charge in [-0.25, -0.2) is 0 Å². The highest BCUT2D eigenvalue weighted by atomic mass is 16.6. The Hall–Kier alpha value is -3.55. The molecule has 1 saturated heterocycles. The van der Waals surface area contributed by atoms with Crippen LogP contribution in [0.4, 0.5) is 5.69 Å². The lowest BCUT2D eigenvalue weighted by Crippen LogP contribution is -2.29. The number of rotatable bonds is 4. The van der Waals surface area contributed by atoms with Crippen LogP contribution in [-0.4, -0.2) is 45.5 Å². The van der Waals surface area contributed by atoms with Gasteiger partial charge in [0, 0.05) is 30.8 Å². The molecular weight excluding hydrogens is 362 g/mol. The van der Waals surface area contributed by atoms with Crippen LogP contribution in [0.2, 0.25) is 0 Å². The van der Waals surface area contributed by atoms with Gasteiger partial charge in [0.1, 0.15) is 0 Å². The molecule has 0 N–H and O–H groups in total. The lowest BCUT2D eigenvalue weighted by atomic mass is 10.1. The summed E-state index contributed by atoms with van der Waals surface area (Å²) in [6, 6.07) is 10.5. The summed E-state index contributed by atoms with van der Waals surface area (Å²) >= 11 is 0. The van der Waals surface area contributed by atoms with Crippen LogP contribution in [0.5, 0.6) is 0 Å². The van der Waals surface area contributed by atoms with Gasteiger partial charge in [-0.2, -0.15) is 0 Å². The van der Waals surface area contributed by atoms with Crippen LogP contribution in [0, 0.1) is 10.1 Å². The standard InChI is InChI=1S/C20H17N3O5/c24-18(21-9-1-2-10-21)14-5-3-13(4-6-14)12-22-19(25)16-8-7-15(23(27)28)11-17(16)20(22)26/h3-8,11H,1-2,9-10,12H2. The maximum absolute atomic E-state index is 12.6. The van der Waals surface area contributed by atoms with Crippen molar-refractivity contribution in [3.8, 4) is 0 Å². The van der Waals surface area contributed by atoms with Crippen LogP contribution in [0.15, 0.2) is 42.5 Å². The number of hydrogen-bond donors (Lipinski definition) is 0. The first-order valence-electron chi connectivity index (χ1n) is 8.98. The molecule has 2 aromatic rings. The van der Waals surface area contributed by atoms with Crippen LogP contribution in [-0.2, 0) is 6.54 Å². The summed E-state index contributed by atoms with van der Waals surface area (Å²) in [5.74, 6) is -1.05. The Balaban J connectivity index is 1.51. The van der Waals surface area contributed by atoms with Crippen molar-refractivity contribution in [1.82, 2.24) is 9.80 Å². The third-order valence-electron chi connectivity index (χ3n) is 5.10. The number of hydrogen-bond acceptors (Lipinski definition) is 5. The van der Waals surface area contributed by atoms with Gasteiger partial charge in [0.05, 0.1) is 22.6 Å². The van der Waals surface area contributed by atoms with Gasteiger partial charge in [0.25, 0.3) is 23.4 Å². The zero-order valence-corrected chi connectivity index (χ0v) is 15.0. The van der Waals surface area contributed by atoms with Crippen LogP contribution in [0.3, 0.4) is 0 Å². The van der Waals surface area contributed by atoms with Gasteiger partial charge in [-0.15, -0.1) is 0 Å². The van der Waals surface area contributed by atoms with Gasteiger partial charge in [-0.3, -0.25) is 29.4 Å². The average molecular weight is 379 g/mol. The van der Waals surface area contributed by atoms with E-state index in [-0.39, 0.29) is 29.3 Å². The van der Waals surface area contributed by atoms with E-state index in [1.807, 2.05) is 4.90 Å². The van der Waals surface area contributed by atoms with E-state index in [0.29, 0.717) is 11.1 Å². The fraction of sp³-hybridized carbons (Fsp3) is 0.250. The summed E-state index contributed by atoms with van der Waals surface area (Å²) in [6.45, 7) is 1.57. The van der Waals surface area contributed by atoms with Crippen molar-refractivity contribution in [2.45, 2.75) is 19.4 Å². The Morgan fingerprint density at radius 3 is 2.25 bits per heavy atom. The number of likely N-dealkylation sites (tertiary alicyclic amines) is 1. The molecule has 28 heavy (non-hydrogen) atoms. The minimum absolute atomic E-state index is 0.0166. The molecule has 0 spiro atoms.